The molecule has 2 aromatic rings. The van der Waals surface area contributed by atoms with Crippen molar-refractivity contribution in [1.29, 1.82) is 0 Å². The normalized spacial score (nSPS) is 20.4. The summed E-state index contributed by atoms with van der Waals surface area (Å²) in [5.41, 5.74) is -0.465. The fourth-order valence-electron chi connectivity index (χ4n) is 2.92. The highest BCUT2D eigenvalue weighted by Gasteiger charge is 2.51. The number of rotatable bonds is 4. The quantitative estimate of drug-likeness (QED) is 0.788. The molecule has 3 rings (SSSR count). The van der Waals surface area contributed by atoms with Gasteiger partial charge in [-0.2, -0.15) is 0 Å². The van der Waals surface area contributed by atoms with E-state index in [1.807, 2.05) is 0 Å². The molecule has 1 fully saturated rings. The number of nitrogens with one attached hydrogen (secondary N) is 2. The van der Waals surface area contributed by atoms with E-state index in [2.05, 4.69) is 10.6 Å². The monoisotopic (exact) mass is 389 g/mol. The highest BCUT2D eigenvalue weighted by molar-refractivity contribution is 6.33. The number of imide groups is 1. The molecule has 27 heavy (non-hydrogen) atoms. The Morgan fingerprint density at radius 1 is 1.22 bits per heavy atom. The van der Waals surface area contributed by atoms with Gasteiger partial charge in [-0.05, 0) is 37.6 Å². The summed E-state index contributed by atoms with van der Waals surface area (Å²) in [5, 5.41) is 5.17. The summed E-state index contributed by atoms with van der Waals surface area (Å²) in [6.07, 6.45) is 0. The number of benzene rings is 2. The maximum atomic E-state index is 13.1. The van der Waals surface area contributed by atoms with Crippen LogP contribution in [0.15, 0.2) is 48.5 Å². The molecule has 1 aliphatic heterocycles. The Balaban J connectivity index is 1.82. The Labute approximate surface area is 160 Å². The van der Waals surface area contributed by atoms with Crippen LogP contribution in [0.1, 0.15) is 19.4 Å². The second-order valence-corrected chi connectivity index (χ2v) is 6.79. The average Bonchev–Trinajstić information content (AvgIpc) is 2.87. The van der Waals surface area contributed by atoms with Crippen molar-refractivity contribution in [2.45, 2.75) is 25.4 Å². The summed E-state index contributed by atoms with van der Waals surface area (Å²) in [7, 11) is 0. The third-order valence-electron chi connectivity index (χ3n) is 4.53. The van der Waals surface area contributed by atoms with Crippen LogP contribution < -0.4 is 10.6 Å². The second-order valence-electron chi connectivity index (χ2n) is 6.39. The molecular formula is C19H17ClFN3O3. The van der Waals surface area contributed by atoms with E-state index in [1.54, 1.807) is 37.3 Å². The minimum Gasteiger partial charge on any atom is -0.323 e. The van der Waals surface area contributed by atoms with Crippen molar-refractivity contribution in [2.24, 2.45) is 0 Å². The van der Waals surface area contributed by atoms with Crippen LogP contribution in [0.4, 0.5) is 14.9 Å². The Kier molecular flexibility index (Phi) is 4.89. The molecule has 8 heteroatoms. The molecular weight excluding hydrogens is 373 g/mol. The van der Waals surface area contributed by atoms with Gasteiger partial charge < -0.3 is 10.6 Å². The lowest BCUT2D eigenvalue weighted by Gasteiger charge is -2.24. The van der Waals surface area contributed by atoms with E-state index in [4.69, 9.17) is 11.6 Å². The second kappa shape index (κ2) is 7.00. The minimum absolute atomic E-state index is 0.0156. The summed E-state index contributed by atoms with van der Waals surface area (Å²) in [4.78, 5) is 38.8. The highest BCUT2D eigenvalue weighted by Crippen LogP contribution is 2.30. The van der Waals surface area contributed by atoms with Crippen LogP contribution >= 0.6 is 11.6 Å². The standard InChI is InChI=1S/C19H17ClFN3O3/c1-11(16(25)22-15-9-8-13(21)10-14(15)20)24-17(26)19(2,23-18(24)27)12-6-4-3-5-7-12/h3-11H,1-2H3,(H,22,25)(H,23,27)/t11-,19-/m0/s1. The molecule has 2 N–H and O–H groups in total. The summed E-state index contributed by atoms with van der Waals surface area (Å²) in [6, 6.07) is 10.5. The van der Waals surface area contributed by atoms with Crippen molar-refractivity contribution in [1.82, 2.24) is 10.2 Å². The molecule has 0 spiro atoms. The van der Waals surface area contributed by atoms with Gasteiger partial charge in [-0.25, -0.2) is 14.1 Å². The first-order valence-electron chi connectivity index (χ1n) is 8.21. The number of amides is 4. The topological polar surface area (TPSA) is 78.5 Å². The molecule has 0 bridgehead atoms. The van der Waals surface area contributed by atoms with Gasteiger partial charge in [0.2, 0.25) is 5.91 Å². The molecule has 0 aromatic heterocycles. The number of hydrogen-bond acceptors (Lipinski definition) is 3. The first-order chi connectivity index (χ1) is 12.7. The SMILES string of the molecule is C[C@@H](C(=O)Nc1ccc(F)cc1Cl)N1C(=O)N[C@@](C)(c2ccccc2)C1=O. The molecule has 2 atom stereocenters. The third-order valence-corrected chi connectivity index (χ3v) is 4.84. The van der Waals surface area contributed by atoms with Crippen molar-refractivity contribution in [3.8, 4) is 0 Å². The highest BCUT2D eigenvalue weighted by atomic mass is 35.5. The zero-order chi connectivity index (χ0) is 19.8. The van der Waals surface area contributed by atoms with Crippen LogP contribution in [-0.4, -0.2) is 28.8 Å². The van der Waals surface area contributed by atoms with Crippen LogP contribution in [0.25, 0.3) is 0 Å². The number of carbonyl (C=O) groups is 3. The summed E-state index contributed by atoms with van der Waals surface area (Å²) in [5.74, 6) is -1.70. The summed E-state index contributed by atoms with van der Waals surface area (Å²) >= 11 is 5.91. The van der Waals surface area contributed by atoms with Crippen LogP contribution in [0, 0.1) is 5.82 Å². The lowest BCUT2D eigenvalue weighted by molar-refractivity contribution is -0.136. The number of carbonyl (C=O) groups excluding carboxylic acids is 3. The lowest BCUT2D eigenvalue weighted by Crippen LogP contribution is -2.47. The van der Waals surface area contributed by atoms with E-state index in [0.717, 1.165) is 17.0 Å². The van der Waals surface area contributed by atoms with Crippen molar-refractivity contribution < 1.29 is 18.8 Å². The Morgan fingerprint density at radius 3 is 2.52 bits per heavy atom. The molecule has 2 aromatic carbocycles. The van der Waals surface area contributed by atoms with Gasteiger partial charge >= 0.3 is 6.03 Å². The van der Waals surface area contributed by atoms with Gasteiger partial charge in [0.05, 0.1) is 10.7 Å². The largest absolute Gasteiger partial charge is 0.326 e. The van der Waals surface area contributed by atoms with Crippen LogP contribution in [-0.2, 0) is 15.1 Å². The maximum Gasteiger partial charge on any atom is 0.326 e. The van der Waals surface area contributed by atoms with Crippen LogP contribution in [0.2, 0.25) is 5.02 Å². The molecule has 0 radical (unpaired) electrons. The first-order valence-corrected chi connectivity index (χ1v) is 8.59. The van der Waals surface area contributed by atoms with Crippen LogP contribution in [0.5, 0.6) is 0 Å². The Morgan fingerprint density at radius 2 is 1.89 bits per heavy atom. The van der Waals surface area contributed by atoms with Crippen molar-refractivity contribution >= 4 is 35.1 Å². The fraction of sp³-hybridized carbons (Fsp3) is 0.211. The van der Waals surface area contributed by atoms with Gasteiger partial charge in [-0.15, -0.1) is 0 Å². The van der Waals surface area contributed by atoms with E-state index >= 15 is 0 Å². The van der Waals surface area contributed by atoms with Crippen LogP contribution in [0.3, 0.4) is 0 Å². The average molecular weight is 390 g/mol. The molecule has 0 unspecified atom stereocenters. The van der Waals surface area contributed by atoms with Crippen molar-refractivity contribution in [3.05, 3.63) is 64.9 Å². The third kappa shape index (κ3) is 3.38. The maximum absolute atomic E-state index is 13.1. The Hall–Kier alpha value is -2.93. The predicted molar refractivity (Wildman–Crippen MR) is 98.7 cm³/mol. The molecule has 0 aliphatic carbocycles. The van der Waals surface area contributed by atoms with E-state index in [1.165, 1.54) is 13.0 Å². The molecule has 0 saturated carbocycles. The number of nitrogens with zero attached hydrogens (tertiary/aromatic N) is 1. The van der Waals surface area contributed by atoms with E-state index < -0.39 is 35.2 Å². The van der Waals surface area contributed by atoms with Crippen molar-refractivity contribution in [3.63, 3.8) is 0 Å². The van der Waals surface area contributed by atoms with Gasteiger partial charge in [0.25, 0.3) is 5.91 Å². The van der Waals surface area contributed by atoms with E-state index in [9.17, 15) is 18.8 Å². The number of anilines is 1. The lowest BCUT2D eigenvalue weighted by atomic mass is 9.92. The van der Waals surface area contributed by atoms with Gasteiger partial charge in [0.15, 0.2) is 0 Å². The minimum atomic E-state index is -1.26. The summed E-state index contributed by atoms with van der Waals surface area (Å²) < 4.78 is 13.1. The molecule has 6 nitrogen and oxygen atoms in total. The van der Waals surface area contributed by atoms with E-state index in [-0.39, 0.29) is 10.7 Å². The fourth-order valence-corrected chi connectivity index (χ4v) is 3.14. The zero-order valence-electron chi connectivity index (χ0n) is 14.6. The van der Waals surface area contributed by atoms with Gasteiger partial charge in [-0.1, -0.05) is 41.9 Å². The Bertz CT molecular complexity index is 922. The summed E-state index contributed by atoms with van der Waals surface area (Å²) in [6.45, 7) is 3.02. The molecule has 1 heterocycles. The molecule has 1 saturated heterocycles. The molecule has 140 valence electrons. The van der Waals surface area contributed by atoms with Gasteiger partial charge in [-0.3, -0.25) is 9.59 Å². The number of urea groups is 1. The van der Waals surface area contributed by atoms with E-state index in [0.29, 0.717) is 5.56 Å². The number of hydrogen-bond donors (Lipinski definition) is 2. The number of halogens is 2. The van der Waals surface area contributed by atoms with Gasteiger partial charge in [0.1, 0.15) is 17.4 Å². The smallest absolute Gasteiger partial charge is 0.323 e. The molecule has 4 amide bonds. The molecule has 1 aliphatic rings. The first kappa shape index (κ1) is 18.8. The predicted octanol–water partition coefficient (Wildman–Crippen LogP) is 3.27. The van der Waals surface area contributed by atoms with Crippen molar-refractivity contribution in [2.75, 3.05) is 5.32 Å². The van der Waals surface area contributed by atoms with Gasteiger partial charge in [0, 0.05) is 0 Å². The zero-order valence-corrected chi connectivity index (χ0v) is 15.4.